The molecule has 2 fully saturated rings. The van der Waals surface area contributed by atoms with Crippen LogP contribution in [0.3, 0.4) is 0 Å². The first-order chi connectivity index (χ1) is 15.0. The van der Waals surface area contributed by atoms with Gasteiger partial charge in [-0.25, -0.2) is 0 Å². The summed E-state index contributed by atoms with van der Waals surface area (Å²) in [4.78, 5) is 23.9. The highest BCUT2D eigenvalue weighted by molar-refractivity contribution is 5.78. The van der Waals surface area contributed by atoms with E-state index in [-0.39, 0.29) is 18.1 Å². The van der Waals surface area contributed by atoms with E-state index in [1.54, 1.807) is 0 Å². The maximum Gasteiger partial charge on any atom is 0.244 e. The molecule has 1 amide bonds. The Balaban J connectivity index is 1.27. The van der Waals surface area contributed by atoms with Crippen molar-refractivity contribution in [3.8, 4) is 11.4 Å². The van der Waals surface area contributed by atoms with Gasteiger partial charge in [0, 0.05) is 44.8 Å². The molecule has 1 aromatic carbocycles. The van der Waals surface area contributed by atoms with Crippen molar-refractivity contribution in [2.45, 2.75) is 39.3 Å². The first-order valence-corrected chi connectivity index (χ1v) is 11.3. The molecule has 0 spiro atoms. The largest absolute Gasteiger partial charge is 0.375 e. The molecule has 4 rings (SSSR count). The minimum absolute atomic E-state index is 0.0501. The number of ether oxygens (including phenoxy) is 1. The Morgan fingerprint density at radius 1 is 1.16 bits per heavy atom. The van der Waals surface area contributed by atoms with E-state index in [0.29, 0.717) is 38.0 Å². The number of aromatic nitrogens is 2. The number of hydrogen-bond acceptors (Lipinski definition) is 7. The lowest BCUT2D eigenvalue weighted by Crippen LogP contribution is -2.53. The zero-order valence-electron chi connectivity index (χ0n) is 18.8. The number of piperazine rings is 1. The molecule has 1 aromatic heterocycles. The standard InChI is InChI=1S/C23H33N5O3/c1-4-20-15-28(13-14-30-20)21(29)16-26-9-11-27(12-10-26)18(3)23-24-22(25-31-23)19-7-5-17(2)6-8-19/h5-8,18,20H,4,9-16H2,1-3H3. The first-order valence-electron chi connectivity index (χ1n) is 11.3. The molecule has 0 saturated carbocycles. The lowest BCUT2D eigenvalue weighted by molar-refractivity contribution is -0.140. The third-order valence-corrected chi connectivity index (χ3v) is 6.37. The smallest absolute Gasteiger partial charge is 0.244 e. The molecule has 3 heterocycles. The molecule has 0 aliphatic carbocycles. The molecule has 2 unspecified atom stereocenters. The van der Waals surface area contributed by atoms with Crippen LogP contribution in [-0.2, 0) is 9.53 Å². The predicted molar refractivity (Wildman–Crippen MR) is 118 cm³/mol. The number of benzene rings is 1. The Morgan fingerprint density at radius 2 is 1.90 bits per heavy atom. The summed E-state index contributed by atoms with van der Waals surface area (Å²) in [6.07, 6.45) is 1.12. The number of morpholine rings is 1. The Labute approximate surface area is 184 Å². The molecule has 168 valence electrons. The fourth-order valence-electron chi connectivity index (χ4n) is 4.17. The van der Waals surface area contributed by atoms with Gasteiger partial charge in [0.2, 0.25) is 17.6 Å². The van der Waals surface area contributed by atoms with E-state index in [1.165, 1.54) is 5.56 Å². The van der Waals surface area contributed by atoms with Crippen LogP contribution in [0.2, 0.25) is 0 Å². The van der Waals surface area contributed by atoms with Crippen LogP contribution in [0.5, 0.6) is 0 Å². The summed E-state index contributed by atoms with van der Waals surface area (Å²) in [6, 6.07) is 8.18. The van der Waals surface area contributed by atoms with Crippen molar-refractivity contribution in [3.05, 3.63) is 35.7 Å². The number of carbonyl (C=O) groups is 1. The molecule has 0 N–H and O–H groups in total. The highest BCUT2D eigenvalue weighted by Crippen LogP contribution is 2.23. The van der Waals surface area contributed by atoms with Gasteiger partial charge in [0.25, 0.3) is 0 Å². The summed E-state index contributed by atoms with van der Waals surface area (Å²) in [5, 5.41) is 4.17. The fraction of sp³-hybridized carbons (Fsp3) is 0.609. The Bertz CT molecular complexity index is 860. The third-order valence-electron chi connectivity index (χ3n) is 6.37. The molecule has 2 saturated heterocycles. The fourth-order valence-corrected chi connectivity index (χ4v) is 4.17. The van der Waals surface area contributed by atoms with Gasteiger partial charge in [0.05, 0.1) is 25.3 Å². The maximum absolute atomic E-state index is 12.7. The summed E-state index contributed by atoms with van der Waals surface area (Å²) < 4.78 is 11.2. The highest BCUT2D eigenvalue weighted by Gasteiger charge is 2.29. The second-order valence-electron chi connectivity index (χ2n) is 8.55. The van der Waals surface area contributed by atoms with E-state index < -0.39 is 0 Å². The van der Waals surface area contributed by atoms with E-state index >= 15 is 0 Å². The SMILES string of the molecule is CCC1CN(C(=O)CN2CCN(C(C)c3nc(-c4ccc(C)cc4)no3)CC2)CCO1. The molecule has 0 bridgehead atoms. The van der Waals surface area contributed by atoms with Crippen molar-refractivity contribution in [3.63, 3.8) is 0 Å². The monoisotopic (exact) mass is 427 g/mol. The van der Waals surface area contributed by atoms with Crippen molar-refractivity contribution in [2.24, 2.45) is 0 Å². The van der Waals surface area contributed by atoms with Gasteiger partial charge in [-0.15, -0.1) is 0 Å². The Kier molecular flexibility index (Phi) is 6.99. The van der Waals surface area contributed by atoms with Crippen molar-refractivity contribution in [1.82, 2.24) is 24.8 Å². The van der Waals surface area contributed by atoms with Crippen molar-refractivity contribution in [1.29, 1.82) is 0 Å². The molecule has 0 radical (unpaired) electrons. The average Bonchev–Trinajstić information content (AvgIpc) is 3.30. The minimum Gasteiger partial charge on any atom is -0.375 e. The van der Waals surface area contributed by atoms with Crippen LogP contribution >= 0.6 is 0 Å². The maximum atomic E-state index is 12.7. The first kappa shape index (κ1) is 21.9. The van der Waals surface area contributed by atoms with Crippen LogP contribution in [0.1, 0.15) is 37.8 Å². The number of rotatable bonds is 6. The van der Waals surface area contributed by atoms with E-state index in [4.69, 9.17) is 9.26 Å². The minimum atomic E-state index is 0.0501. The van der Waals surface area contributed by atoms with Crippen molar-refractivity contribution < 1.29 is 14.1 Å². The molecular formula is C23H33N5O3. The lowest BCUT2D eigenvalue weighted by atomic mass is 10.1. The summed E-state index contributed by atoms with van der Waals surface area (Å²) >= 11 is 0. The summed E-state index contributed by atoms with van der Waals surface area (Å²) in [6.45, 7) is 12.3. The van der Waals surface area contributed by atoms with Crippen molar-refractivity contribution in [2.75, 3.05) is 52.4 Å². The Morgan fingerprint density at radius 3 is 2.61 bits per heavy atom. The van der Waals surface area contributed by atoms with E-state index in [2.05, 4.69) is 52.8 Å². The second-order valence-corrected chi connectivity index (χ2v) is 8.55. The normalized spacial score (nSPS) is 21.9. The van der Waals surface area contributed by atoms with Gasteiger partial charge in [-0.2, -0.15) is 4.98 Å². The summed E-state index contributed by atoms with van der Waals surface area (Å²) in [5.74, 6) is 1.48. The average molecular weight is 428 g/mol. The van der Waals surface area contributed by atoms with E-state index in [0.717, 1.165) is 38.2 Å². The molecular weight excluding hydrogens is 394 g/mol. The van der Waals surface area contributed by atoms with Crippen LogP contribution < -0.4 is 0 Å². The number of amides is 1. The molecule has 2 aromatic rings. The van der Waals surface area contributed by atoms with Gasteiger partial charge in [-0.3, -0.25) is 14.6 Å². The lowest BCUT2D eigenvalue weighted by Gasteiger charge is -2.38. The topological polar surface area (TPSA) is 74.9 Å². The molecule has 8 heteroatoms. The van der Waals surface area contributed by atoms with Crippen LogP contribution in [0.4, 0.5) is 0 Å². The second kappa shape index (κ2) is 9.89. The van der Waals surface area contributed by atoms with E-state index in [9.17, 15) is 4.79 Å². The molecule has 31 heavy (non-hydrogen) atoms. The van der Waals surface area contributed by atoms with Crippen LogP contribution in [0.15, 0.2) is 28.8 Å². The molecule has 2 atom stereocenters. The van der Waals surface area contributed by atoms with Crippen molar-refractivity contribution >= 4 is 5.91 Å². The number of nitrogens with zero attached hydrogens (tertiary/aromatic N) is 5. The third kappa shape index (κ3) is 5.31. The summed E-state index contributed by atoms with van der Waals surface area (Å²) in [5.41, 5.74) is 2.17. The summed E-state index contributed by atoms with van der Waals surface area (Å²) in [7, 11) is 0. The number of carbonyl (C=O) groups excluding carboxylic acids is 1. The zero-order valence-corrected chi connectivity index (χ0v) is 18.8. The van der Waals surface area contributed by atoms with Crippen LogP contribution in [0.25, 0.3) is 11.4 Å². The molecule has 8 nitrogen and oxygen atoms in total. The highest BCUT2D eigenvalue weighted by atomic mass is 16.5. The van der Waals surface area contributed by atoms with Gasteiger partial charge in [-0.1, -0.05) is 41.9 Å². The van der Waals surface area contributed by atoms with Crippen LogP contribution in [0, 0.1) is 6.92 Å². The van der Waals surface area contributed by atoms with Gasteiger partial charge >= 0.3 is 0 Å². The molecule has 2 aliphatic rings. The number of aryl methyl sites for hydroxylation is 1. The van der Waals surface area contributed by atoms with Gasteiger partial charge in [0.15, 0.2) is 0 Å². The van der Waals surface area contributed by atoms with Gasteiger partial charge in [-0.05, 0) is 20.3 Å². The molecule has 2 aliphatic heterocycles. The van der Waals surface area contributed by atoms with Gasteiger partial charge in [0.1, 0.15) is 0 Å². The van der Waals surface area contributed by atoms with Crippen LogP contribution in [-0.4, -0.2) is 89.3 Å². The van der Waals surface area contributed by atoms with Gasteiger partial charge < -0.3 is 14.2 Å². The Hall–Kier alpha value is -2.29. The van der Waals surface area contributed by atoms with E-state index in [1.807, 2.05) is 17.0 Å². The number of hydrogen-bond donors (Lipinski definition) is 0. The zero-order chi connectivity index (χ0) is 21.8. The predicted octanol–water partition coefficient (Wildman–Crippen LogP) is 2.36. The quantitative estimate of drug-likeness (QED) is 0.701.